The van der Waals surface area contributed by atoms with Crippen LogP contribution < -0.4 is 14.8 Å². The average Bonchev–Trinajstić information content (AvgIpc) is 3.16. The van der Waals surface area contributed by atoms with Gasteiger partial charge in [-0.2, -0.15) is 0 Å². The first-order chi connectivity index (χ1) is 16.0. The van der Waals surface area contributed by atoms with E-state index in [0.29, 0.717) is 17.1 Å². The zero-order valence-corrected chi connectivity index (χ0v) is 20.3. The second-order valence-electron chi connectivity index (χ2n) is 7.64. The molecule has 168 valence electrons. The summed E-state index contributed by atoms with van der Waals surface area (Å²) in [6, 6.07) is 24.5. The molecule has 0 saturated heterocycles. The Hall–Kier alpha value is -3.51. The fourth-order valence-electron chi connectivity index (χ4n) is 3.83. The summed E-state index contributed by atoms with van der Waals surface area (Å²) in [5.41, 5.74) is 4.07. The molecule has 0 aliphatic rings. The molecule has 1 N–H and O–H groups in total. The van der Waals surface area contributed by atoms with E-state index in [-0.39, 0.29) is 5.78 Å². The molecular formula is C27H25BrN2O3. The molecule has 4 rings (SSSR count). The first-order valence-corrected chi connectivity index (χ1v) is 11.3. The molecular weight excluding hydrogens is 480 g/mol. The molecule has 1 unspecified atom stereocenters. The Bertz CT molecular complexity index is 1230. The number of nitrogens with one attached hydrogen (secondary N) is 1. The Balaban J connectivity index is 1.81. The monoisotopic (exact) mass is 504 g/mol. The number of aromatic nitrogens is 1. The highest BCUT2D eigenvalue weighted by molar-refractivity contribution is 9.10. The molecule has 0 amide bonds. The van der Waals surface area contributed by atoms with Crippen LogP contribution in [0.15, 0.2) is 89.7 Å². The van der Waals surface area contributed by atoms with Crippen molar-refractivity contribution in [3.8, 4) is 22.6 Å². The lowest BCUT2D eigenvalue weighted by Gasteiger charge is -2.21. The average molecular weight is 505 g/mol. The standard InChI is InChI=1S/C27H25BrN2O3/c1-30-17-23(24(27(30)28)18-10-6-4-7-11-18)26(31)25(19-12-8-5-9-13-19)29-20-14-21(32-2)16-22(15-20)33-3/h4-17,25,29H,1-3H3. The van der Waals surface area contributed by atoms with Gasteiger partial charge in [-0.1, -0.05) is 60.7 Å². The van der Waals surface area contributed by atoms with Gasteiger partial charge in [0.05, 0.1) is 18.8 Å². The summed E-state index contributed by atoms with van der Waals surface area (Å²) in [4.78, 5) is 14.1. The van der Waals surface area contributed by atoms with Crippen molar-refractivity contribution in [2.75, 3.05) is 19.5 Å². The van der Waals surface area contributed by atoms with Gasteiger partial charge >= 0.3 is 0 Å². The van der Waals surface area contributed by atoms with E-state index in [1.165, 1.54) is 0 Å². The van der Waals surface area contributed by atoms with E-state index in [0.717, 1.165) is 27.0 Å². The molecule has 0 radical (unpaired) electrons. The topological polar surface area (TPSA) is 52.5 Å². The van der Waals surface area contributed by atoms with E-state index < -0.39 is 6.04 Å². The van der Waals surface area contributed by atoms with Crippen LogP contribution in [-0.2, 0) is 7.05 Å². The molecule has 4 aromatic rings. The molecule has 5 nitrogen and oxygen atoms in total. The number of rotatable bonds is 8. The highest BCUT2D eigenvalue weighted by Gasteiger charge is 2.28. The predicted octanol–water partition coefficient (Wildman–Crippen LogP) is 6.51. The predicted molar refractivity (Wildman–Crippen MR) is 135 cm³/mol. The molecule has 0 fully saturated rings. The molecule has 1 aromatic heterocycles. The molecule has 0 spiro atoms. The lowest BCUT2D eigenvalue weighted by molar-refractivity contribution is 0.0970. The zero-order chi connectivity index (χ0) is 23.4. The Morgan fingerprint density at radius 2 is 1.48 bits per heavy atom. The molecule has 3 aromatic carbocycles. The van der Waals surface area contributed by atoms with Crippen LogP contribution in [0.25, 0.3) is 11.1 Å². The lowest BCUT2D eigenvalue weighted by atomic mass is 9.94. The number of hydrogen-bond donors (Lipinski definition) is 1. The third-order valence-corrected chi connectivity index (χ3v) is 6.45. The molecule has 0 aliphatic heterocycles. The van der Waals surface area contributed by atoms with Gasteiger partial charge in [-0.05, 0) is 27.1 Å². The quantitative estimate of drug-likeness (QED) is 0.278. The number of carbonyl (C=O) groups is 1. The first kappa shape index (κ1) is 22.7. The van der Waals surface area contributed by atoms with Crippen molar-refractivity contribution in [3.05, 3.63) is 101 Å². The van der Waals surface area contributed by atoms with Crippen LogP contribution in [0.2, 0.25) is 0 Å². The number of halogens is 1. The van der Waals surface area contributed by atoms with Crippen molar-refractivity contribution in [2.24, 2.45) is 7.05 Å². The lowest BCUT2D eigenvalue weighted by Crippen LogP contribution is -2.21. The van der Waals surface area contributed by atoms with Crippen LogP contribution >= 0.6 is 15.9 Å². The third-order valence-electron chi connectivity index (χ3n) is 5.49. The van der Waals surface area contributed by atoms with Crippen molar-refractivity contribution < 1.29 is 14.3 Å². The molecule has 33 heavy (non-hydrogen) atoms. The maximum Gasteiger partial charge on any atom is 0.191 e. The van der Waals surface area contributed by atoms with Gasteiger partial charge in [0.2, 0.25) is 0 Å². The fraction of sp³-hybridized carbons (Fsp3) is 0.148. The minimum absolute atomic E-state index is 0.0388. The SMILES string of the molecule is COc1cc(NC(C(=O)c2cn(C)c(Br)c2-c2ccccc2)c2ccccc2)cc(OC)c1. The minimum Gasteiger partial charge on any atom is -0.497 e. The molecule has 1 heterocycles. The molecule has 0 bridgehead atoms. The molecule has 0 aliphatic carbocycles. The second-order valence-corrected chi connectivity index (χ2v) is 8.39. The van der Waals surface area contributed by atoms with E-state index >= 15 is 0 Å². The van der Waals surface area contributed by atoms with Gasteiger partial charge in [0, 0.05) is 48.3 Å². The summed E-state index contributed by atoms with van der Waals surface area (Å²) in [6.07, 6.45) is 1.87. The molecule has 6 heteroatoms. The number of hydrogen-bond acceptors (Lipinski definition) is 4. The minimum atomic E-state index is -0.611. The maximum atomic E-state index is 14.1. The summed E-state index contributed by atoms with van der Waals surface area (Å²) in [5.74, 6) is 1.25. The number of aryl methyl sites for hydroxylation is 1. The number of ether oxygens (including phenoxy) is 2. The molecule has 0 saturated carbocycles. The van der Waals surface area contributed by atoms with E-state index in [9.17, 15) is 4.79 Å². The summed E-state index contributed by atoms with van der Waals surface area (Å²) in [6.45, 7) is 0. The highest BCUT2D eigenvalue weighted by Crippen LogP contribution is 2.37. The number of anilines is 1. The Labute approximate surface area is 202 Å². The number of methoxy groups -OCH3 is 2. The normalized spacial score (nSPS) is 11.6. The highest BCUT2D eigenvalue weighted by atomic mass is 79.9. The van der Waals surface area contributed by atoms with Gasteiger partial charge in [0.1, 0.15) is 17.5 Å². The van der Waals surface area contributed by atoms with Crippen molar-refractivity contribution in [1.29, 1.82) is 0 Å². The van der Waals surface area contributed by atoms with Crippen molar-refractivity contribution in [2.45, 2.75) is 6.04 Å². The van der Waals surface area contributed by atoms with Gasteiger partial charge < -0.3 is 19.4 Å². The Morgan fingerprint density at radius 3 is 2.06 bits per heavy atom. The van der Waals surface area contributed by atoms with E-state index in [4.69, 9.17) is 9.47 Å². The number of ketones is 1. The van der Waals surface area contributed by atoms with E-state index in [1.807, 2.05) is 90.6 Å². The Morgan fingerprint density at radius 1 is 0.909 bits per heavy atom. The largest absolute Gasteiger partial charge is 0.497 e. The maximum absolute atomic E-state index is 14.1. The second kappa shape index (κ2) is 9.96. The number of carbonyl (C=O) groups excluding carboxylic acids is 1. The van der Waals surface area contributed by atoms with Crippen molar-refractivity contribution >= 4 is 27.4 Å². The van der Waals surface area contributed by atoms with Crippen LogP contribution in [-0.4, -0.2) is 24.6 Å². The third kappa shape index (κ3) is 4.81. The van der Waals surface area contributed by atoms with Crippen LogP contribution in [0.1, 0.15) is 22.0 Å². The number of Topliss-reactive ketones (excluding diaryl/α,β-unsaturated/α-hetero) is 1. The van der Waals surface area contributed by atoms with Crippen LogP contribution in [0.4, 0.5) is 5.69 Å². The summed E-state index contributed by atoms with van der Waals surface area (Å²) in [5, 5.41) is 3.42. The van der Waals surface area contributed by atoms with Crippen molar-refractivity contribution in [3.63, 3.8) is 0 Å². The van der Waals surface area contributed by atoms with Gasteiger partial charge in [0.15, 0.2) is 5.78 Å². The summed E-state index contributed by atoms with van der Waals surface area (Å²) in [7, 11) is 5.13. The van der Waals surface area contributed by atoms with Crippen LogP contribution in [0.3, 0.4) is 0 Å². The summed E-state index contributed by atoms with van der Waals surface area (Å²) < 4.78 is 13.6. The number of benzene rings is 3. The fourth-order valence-corrected chi connectivity index (χ4v) is 4.37. The van der Waals surface area contributed by atoms with Gasteiger partial charge in [-0.25, -0.2) is 0 Å². The smallest absolute Gasteiger partial charge is 0.191 e. The first-order valence-electron chi connectivity index (χ1n) is 10.5. The molecule has 1 atom stereocenters. The van der Waals surface area contributed by atoms with Crippen LogP contribution in [0, 0.1) is 0 Å². The van der Waals surface area contributed by atoms with Gasteiger partial charge in [-0.15, -0.1) is 0 Å². The van der Waals surface area contributed by atoms with E-state index in [2.05, 4.69) is 21.2 Å². The Kier molecular flexibility index (Phi) is 6.84. The van der Waals surface area contributed by atoms with Gasteiger partial charge in [-0.3, -0.25) is 4.79 Å². The van der Waals surface area contributed by atoms with E-state index in [1.54, 1.807) is 20.3 Å². The number of nitrogens with zero attached hydrogens (tertiary/aromatic N) is 1. The zero-order valence-electron chi connectivity index (χ0n) is 18.7. The van der Waals surface area contributed by atoms with Crippen molar-refractivity contribution in [1.82, 2.24) is 4.57 Å². The van der Waals surface area contributed by atoms with Gasteiger partial charge in [0.25, 0.3) is 0 Å². The summed E-state index contributed by atoms with van der Waals surface area (Å²) >= 11 is 3.67. The van der Waals surface area contributed by atoms with Crippen LogP contribution in [0.5, 0.6) is 11.5 Å².